The van der Waals surface area contributed by atoms with E-state index in [0.717, 1.165) is 34.4 Å². The highest BCUT2D eigenvalue weighted by Gasteiger charge is 2.25. The molecule has 30 heavy (non-hydrogen) atoms. The molecule has 7 heteroatoms. The summed E-state index contributed by atoms with van der Waals surface area (Å²) in [6, 6.07) is 13.5. The van der Waals surface area contributed by atoms with Gasteiger partial charge in [-0.3, -0.25) is 4.79 Å². The molecule has 0 atom stereocenters. The number of aryl methyl sites for hydroxylation is 1. The van der Waals surface area contributed by atoms with Gasteiger partial charge in [-0.1, -0.05) is 23.5 Å². The lowest BCUT2D eigenvalue weighted by molar-refractivity contribution is -0.135. The molecule has 1 saturated heterocycles. The third kappa shape index (κ3) is 4.84. The Morgan fingerprint density at radius 1 is 1.10 bits per heavy atom. The van der Waals surface area contributed by atoms with E-state index in [1.165, 1.54) is 0 Å². The van der Waals surface area contributed by atoms with Crippen molar-refractivity contribution in [3.63, 3.8) is 0 Å². The van der Waals surface area contributed by atoms with Gasteiger partial charge in [0.2, 0.25) is 0 Å². The quantitative estimate of drug-likeness (QED) is 0.559. The van der Waals surface area contributed by atoms with Crippen LogP contribution < -0.4 is 14.2 Å². The molecule has 1 fully saturated rings. The van der Waals surface area contributed by atoms with Crippen molar-refractivity contribution < 1.29 is 19.0 Å². The normalized spacial score (nSPS) is 14.7. The summed E-state index contributed by atoms with van der Waals surface area (Å²) in [5, 5.41) is 0.711. The Kier molecular flexibility index (Phi) is 6.38. The minimum atomic E-state index is -0.00190. The zero-order valence-electron chi connectivity index (χ0n) is 17.3. The van der Waals surface area contributed by atoms with Crippen molar-refractivity contribution in [1.29, 1.82) is 0 Å². The highest BCUT2D eigenvalue weighted by molar-refractivity contribution is 7.20. The highest BCUT2D eigenvalue weighted by atomic mass is 32.1. The molecule has 1 aromatic heterocycles. The molecule has 1 aliphatic heterocycles. The number of carbonyl (C=O) groups excluding carboxylic acids is 1. The summed E-state index contributed by atoms with van der Waals surface area (Å²) in [5.74, 6) is 1.45. The molecule has 0 aliphatic carbocycles. The Labute approximate surface area is 180 Å². The van der Waals surface area contributed by atoms with Crippen molar-refractivity contribution >= 4 is 27.5 Å². The van der Waals surface area contributed by atoms with Crippen LogP contribution in [0.2, 0.25) is 0 Å². The summed E-state index contributed by atoms with van der Waals surface area (Å²) in [7, 11) is 0. The number of amides is 1. The molecular weight excluding hydrogens is 400 g/mol. The van der Waals surface area contributed by atoms with Crippen LogP contribution >= 0.6 is 11.3 Å². The summed E-state index contributed by atoms with van der Waals surface area (Å²) in [4.78, 5) is 19.0. The van der Waals surface area contributed by atoms with Gasteiger partial charge in [-0.05, 0) is 49.7 Å². The number of likely N-dealkylation sites (tertiary alicyclic amines) is 1. The second kappa shape index (κ2) is 9.34. The number of benzene rings is 2. The van der Waals surface area contributed by atoms with Gasteiger partial charge in [0.25, 0.3) is 11.1 Å². The van der Waals surface area contributed by atoms with Crippen molar-refractivity contribution in [3.8, 4) is 16.7 Å². The maximum absolute atomic E-state index is 12.5. The number of hydrogen-bond acceptors (Lipinski definition) is 6. The fraction of sp³-hybridized carbons (Fsp3) is 0.391. The highest BCUT2D eigenvalue weighted by Crippen LogP contribution is 2.31. The Balaban J connectivity index is 1.24. The maximum Gasteiger partial charge on any atom is 0.274 e. The van der Waals surface area contributed by atoms with Crippen LogP contribution in [0.3, 0.4) is 0 Å². The second-order valence-electron chi connectivity index (χ2n) is 7.29. The molecule has 1 aliphatic rings. The van der Waals surface area contributed by atoms with Gasteiger partial charge in [0.05, 0.1) is 16.8 Å². The summed E-state index contributed by atoms with van der Waals surface area (Å²) in [5.41, 5.74) is 2.17. The summed E-state index contributed by atoms with van der Waals surface area (Å²) >= 11 is 1.58. The van der Waals surface area contributed by atoms with E-state index in [1.807, 2.05) is 42.2 Å². The number of nitrogens with zero attached hydrogens (tertiary/aromatic N) is 2. The lowest BCUT2D eigenvalue weighted by Crippen LogP contribution is -2.43. The first-order chi connectivity index (χ1) is 14.6. The number of carbonyl (C=O) groups is 1. The number of rotatable bonds is 7. The number of aromatic nitrogens is 1. The Morgan fingerprint density at radius 2 is 1.80 bits per heavy atom. The van der Waals surface area contributed by atoms with Gasteiger partial charge in [-0.2, -0.15) is 0 Å². The summed E-state index contributed by atoms with van der Waals surface area (Å²) in [6.45, 7) is 6.00. The average molecular weight is 427 g/mol. The first kappa shape index (κ1) is 20.5. The van der Waals surface area contributed by atoms with Crippen LogP contribution in [0.1, 0.15) is 25.3 Å². The summed E-state index contributed by atoms with van der Waals surface area (Å²) in [6.07, 6.45) is 1.68. The van der Waals surface area contributed by atoms with Gasteiger partial charge in [0.15, 0.2) is 6.61 Å². The van der Waals surface area contributed by atoms with Crippen LogP contribution in [0.5, 0.6) is 16.7 Å². The lowest BCUT2D eigenvalue weighted by Gasteiger charge is -2.31. The number of fused-ring (bicyclic) bond motifs is 1. The first-order valence-corrected chi connectivity index (χ1v) is 11.1. The molecule has 6 nitrogen and oxygen atoms in total. The van der Waals surface area contributed by atoms with Crippen molar-refractivity contribution in [2.75, 3.05) is 26.3 Å². The monoisotopic (exact) mass is 426 g/mol. The van der Waals surface area contributed by atoms with Crippen LogP contribution in [0.15, 0.2) is 42.5 Å². The first-order valence-electron chi connectivity index (χ1n) is 10.3. The van der Waals surface area contributed by atoms with Gasteiger partial charge >= 0.3 is 0 Å². The lowest BCUT2D eigenvalue weighted by atomic mass is 10.1. The molecule has 0 radical (unpaired) electrons. The number of hydrogen-bond donors (Lipinski definition) is 0. The number of piperidine rings is 1. The van der Waals surface area contributed by atoms with Crippen LogP contribution in [0.4, 0.5) is 0 Å². The SMILES string of the molecule is CCOc1ccc(OCC(=O)N2CCC(Oc3nc4c(C)cccc4s3)CC2)cc1. The van der Waals surface area contributed by atoms with Gasteiger partial charge in [-0.25, -0.2) is 4.98 Å². The smallest absolute Gasteiger partial charge is 0.274 e. The molecular formula is C23H26N2O4S. The second-order valence-corrected chi connectivity index (χ2v) is 8.29. The summed E-state index contributed by atoms with van der Waals surface area (Å²) < 4.78 is 18.3. The molecule has 0 spiro atoms. The zero-order valence-corrected chi connectivity index (χ0v) is 18.1. The Morgan fingerprint density at radius 3 is 2.47 bits per heavy atom. The topological polar surface area (TPSA) is 60.9 Å². The van der Waals surface area contributed by atoms with Gasteiger partial charge in [0, 0.05) is 25.9 Å². The van der Waals surface area contributed by atoms with E-state index in [4.69, 9.17) is 14.2 Å². The van der Waals surface area contributed by atoms with E-state index in [1.54, 1.807) is 11.3 Å². The van der Waals surface area contributed by atoms with E-state index in [9.17, 15) is 4.79 Å². The van der Waals surface area contributed by atoms with Gasteiger partial charge in [0.1, 0.15) is 17.6 Å². The number of ether oxygens (including phenoxy) is 3. The molecule has 0 unspecified atom stereocenters. The average Bonchev–Trinajstić information content (AvgIpc) is 3.18. The minimum absolute atomic E-state index is 0.00190. The van der Waals surface area contributed by atoms with Gasteiger partial charge < -0.3 is 19.1 Å². The third-order valence-electron chi connectivity index (χ3n) is 5.16. The molecule has 0 N–H and O–H groups in total. The fourth-order valence-corrected chi connectivity index (χ4v) is 4.48. The van der Waals surface area contributed by atoms with Crippen molar-refractivity contribution in [3.05, 3.63) is 48.0 Å². The number of para-hydroxylation sites is 1. The predicted molar refractivity (Wildman–Crippen MR) is 118 cm³/mol. The Bertz CT molecular complexity index is 994. The minimum Gasteiger partial charge on any atom is -0.494 e. The molecule has 1 amide bonds. The van der Waals surface area contributed by atoms with Crippen LogP contribution in [-0.4, -0.2) is 48.2 Å². The zero-order chi connectivity index (χ0) is 20.9. The third-order valence-corrected chi connectivity index (χ3v) is 6.07. The molecule has 2 aromatic carbocycles. The van der Waals surface area contributed by atoms with Crippen LogP contribution in [0, 0.1) is 6.92 Å². The standard InChI is InChI=1S/C23H26N2O4S/c1-3-27-17-7-9-18(10-8-17)28-15-21(26)25-13-11-19(12-14-25)29-23-24-22-16(2)5-4-6-20(22)30-23/h4-10,19H,3,11-15H2,1-2H3. The van der Waals surface area contributed by atoms with Gasteiger partial charge in [-0.15, -0.1) is 0 Å². The molecule has 0 bridgehead atoms. The van der Waals surface area contributed by atoms with E-state index in [0.29, 0.717) is 30.6 Å². The van der Waals surface area contributed by atoms with E-state index >= 15 is 0 Å². The van der Waals surface area contributed by atoms with Crippen molar-refractivity contribution in [1.82, 2.24) is 9.88 Å². The molecule has 0 saturated carbocycles. The predicted octanol–water partition coefficient (Wildman–Crippen LogP) is 4.45. The largest absolute Gasteiger partial charge is 0.494 e. The van der Waals surface area contributed by atoms with Crippen LogP contribution in [0.25, 0.3) is 10.2 Å². The maximum atomic E-state index is 12.5. The molecule has 4 rings (SSSR count). The van der Waals surface area contributed by atoms with Crippen LogP contribution in [-0.2, 0) is 4.79 Å². The molecule has 3 aromatic rings. The van der Waals surface area contributed by atoms with E-state index in [-0.39, 0.29) is 18.6 Å². The fourth-order valence-electron chi connectivity index (χ4n) is 3.52. The molecule has 158 valence electrons. The number of thiazole rings is 1. The van der Waals surface area contributed by atoms with E-state index in [2.05, 4.69) is 24.0 Å². The Hall–Kier alpha value is -2.80. The molecule has 2 heterocycles. The van der Waals surface area contributed by atoms with E-state index < -0.39 is 0 Å². The van der Waals surface area contributed by atoms with Crippen molar-refractivity contribution in [2.45, 2.75) is 32.8 Å². The van der Waals surface area contributed by atoms with Crippen molar-refractivity contribution in [2.24, 2.45) is 0 Å².